The van der Waals surface area contributed by atoms with Crippen LogP contribution in [0.25, 0.3) is 0 Å². The minimum atomic E-state index is 0. The smallest absolute Gasteiger partial charge is 1.00 e. The fraction of sp³-hybridized carbons (Fsp3) is 0. The zero-order valence-corrected chi connectivity index (χ0v) is 10.2. The Morgan fingerprint density at radius 2 is 0.286 bits per heavy atom. The molecule has 0 fully saturated rings. The molecule has 10 radical (unpaired) electrons. The van der Waals surface area contributed by atoms with Gasteiger partial charge in [0.25, 0.3) is 0 Å². The van der Waals surface area contributed by atoms with Crippen LogP contribution < -0.4 is 74.4 Å². The molecule has 0 bridgehead atoms. The van der Waals surface area contributed by atoms with Gasteiger partial charge in [-0.2, -0.15) is 0 Å². The average Bonchev–Trinajstić information content (AvgIpc) is 0. The van der Waals surface area contributed by atoms with Crippen molar-refractivity contribution in [2.45, 2.75) is 0 Å². The van der Waals surface area contributed by atoms with Crippen molar-refractivity contribution < 1.29 is 74.4 Å². The molecular formula is Cl6Sn. The maximum atomic E-state index is 0. The molecular weight excluding hydrogens is 331 g/mol. The SMILES string of the molecule is [Cl-].[Cl-].[Cl-].[Cl-].[Cl-].[Cl-].[Sn+6]. The van der Waals surface area contributed by atoms with Gasteiger partial charge in [0, 0.05) is 0 Å². The largest absolute Gasteiger partial charge is 6.00 e. The standard InChI is InChI=1S/6ClH.Sn/h6*1H;/q;;;;;;+6/p-6. The molecule has 0 aliphatic heterocycles. The number of halogens is 6. The number of rotatable bonds is 0. The topological polar surface area (TPSA) is 0 Å². The number of hydrogen-bond acceptors (Lipinski definition) is 0. The van der Waals surface area contributed by atoms with E-state index in [1.807, 2.05) is 0 Å². The summed E-state index contributed by atoms with van der Waals surface area (Å²) in [7, 11) is 0. The molecule has 0 N–H and O–H groups in total. The molecule has 0 atom stereocenters. The van der Waals surface area contributed by atoms with E-state index >= 15 is 0 Å². The van der Waals surface area contributed by atoms with E-state index < -0.39 is 0 Å². The maximum absolute atomic E-state index is 0. The van der Waals surface area contributed by atoms with E-state index in [4.69, 9.17) is 0 Å². The minimum absolute atomic E-state index is 0. The van der Waals surface area contributed by atoms with Crippen LogP contribution in [0.15, 0.2) is 0 Å². The monoisotopic (exact) mass is 330 g/mol. The molecule has 7 heteroatoms. The minimum Gasteiger partial charge on any atom is -1.00 e. The van der Waals surface area contributed by atoms with Gasteiger partial charge < -0.3 is 74.4 Å². The van der Waals surface area contributed by atoms with Crippen molar-refractivity contribution in [1.82, 2.24) is 0 Å². The van der Waals surface area contributed by atoms with Crippen molar-refractivity contribution in [3.8, 4) is 0 Å². The Morgan fingerprint density at radius 3 is 0.286 bits per heavy atom. The Kier molecular flexibility index (Phi) is 1160. The molecule has 0 saturated carbocycles. The van der Waals surface area contributed by atoms with Crippen LogP contribution in [0.5, 0.6) is 0 Å². The molecule has 0 aliphatic rings. The van der Waals surface area contributed by atoms with Crippen LogP contribution in [-0.2, 0) is 0 Å². The van der Waals surface area contributed by atoms with E-state index in [0.29, 0.717) is 0 Å². The number of hydrogen-bond donors (Lipinski definition) is 0. The molecule has 0 spiro atoms. The summed E-state index contributed by atoms with van der Waals surface area (Å²) in [6, 6.07) is 0. The van der Waals surface area contributed by atoms with Gasteiger partial charge in [0.1, 0.15) is 0 Å². The summed E-state index contributed by atoms with van der Waals surface area (Å²) < 4.78 is 0. The molecule has 0 nitrogen and oxygen atoms in total. The van der Waals surface area contributed by atoms with Gasteiger partial charge in [-0.25, -0.2) is 0 Å². The van der Waals surface area contributed by atoms with E-state index in [2.05, 4.69) is 0 Å². The quantitative estimate of drug-likeness (QED) is 0.387. The molecule has 0 aromatic carbocycles. The summed E-state index contributed by atoms with van der Waals surface area (Å²) >= 11 is 0. The van der Waals surface area contributed by atoms with Crippen LogP contribution >= 0.6 is 0 Å². The van der Waals surface area contributed by atoms with Crippen LogP contribution in [-0.4, -0.2) is 23.9 Å². The third kappa shape index (κ3) is 56.6. The first-order valence-corrected chi connectivity index (χ1v) is 0. The van der Waals surface area contributed by atoms with Crippen molar-refractivity contribution in [3.05, 3.63) is 0 Å². The fourth-order valence-electron chi connectivity index (χ4n) is 0. The Balaban J connectivity index is 0. The first-order chi connectivity index (χ1) is 0. The van der Waals surface area contributed by atoms with E-state index in [1.54, 1.807) is 0 Å². The van der Waals surface area contributed by atoms with E-state index in [9.17, 15) is 0 Å². The van der Waals surface area contributed by atoms with Crippen molar-refractivity contribution >= 4 is 23.9 Å². The van der Waals surface area contributed by atoms with Gasteiger partial charge in [-0.15, -0.1) is 0 Å². The third-order valence-electron chi connectivity index (χ3n) is 0. The Morgan fingerprint density at radius 1 is 0.286 bits per heavy atom. The Hall–Kier alpha value is 2.54. The van der Waals surface area contributed by atoms with Crippen LogP contribution in [0, 0.1) is 0 Å². The summed E-state index contributed by atoms with van der Waals surface area (Å²) in [4.78, 5) is 0. The van der Waals surface area contributed by atoms with E-state index in [0.717, 1.165) is 0 Å². The molecule has 7 heavy (non-hydrogen) atoms. The maximum Gasteiger partial charge on any atom is 6.00 e. The second kappa shape index (κ2) is 75.3. The summed E-state index contributed by atoms with van der Waals surface area (Å²) in [5.74, 6) is 0. The van der Waals surface area contributed by atoms with Gasteiger partial charge in [-0.05, 0) is 0 Å². The van der Waals surface area contributed by atoms with Crippen LogP contribution in [0.3, 0.4) is 0 Å². The molecule has 0 heterocycles. The van der Waals surface area contributed by atoms with Gasteiger partial charge >= 0.3 is 23.9 Å². The summed E-state index contributed by atoms with van der Waals surface area (Å²) in [6.07, 6.45) is 0. The zero-order chi connectivity index (χ0) is 0. The van der Waals surface area contributed by atoms with Crippen molar-refractivity contribution in [3.63, 3.8) is 0 Å². The summed E-state index contributed by atoms with van der Waals surface area (Å²) in [6.45, 7) is 0. The molecule has 0 amide bonds. The van der Waals surface area contributed by atoms with Crippen molar-refractivity contribution in [2.24, 2.45) is 0 Å². The van der Waals surface area contributed by atoms with E-state index in [1.165, 1.54) is 0 Å². The van der Waals surface area contributed by atoms with Gasteiger partial charge in [0.05, 0.1) is 0 Å². The predicted molar refractivity (Wildman–Crippen MR) is 5.75 cm³/mol. The Labute approximate surface area is 97.4 Å². The van der Waals surface area contributed by atoms with Gasteiger partial charge in [0.15, 0.2) is 0 Å². The molecule has 46 valence electrons. The first kappa shape index (κ1) is 108. The normalized spacial score (nSPS) is 0. The van der Waals surface area contributed by atoms with Gasteiger partial charge in [0.2, 0.25) is 0 Å². The van der Waals surface area contributed by atoms with Gasteiger partial charge in [-0.3, -0.25) is 0 Å². The zero-order valence-electron chi connectivity index (χ0n) is 2.77. The van der Waals surface area contributed by atoms with Crippen molar-refractivity contribution in [2.75, 3.05) is 0 Å². The van der Waals surface area contributed by atoms with Crippen LogP contribution in [0.1, 0.15) is 0 Å². The van der Waals surface area contributed by atoms with Crippen molar-refractivity contribution in [1.29, 1.82) is 0 Å². The Bertz CT molecular complexity index is 4.14. The summed E-state index contributed by atoms with van der Waals surface area (Å²) in [5.41, 5.74) is 0. The fourth-order valence-corrected chi connectivity index (χ4v) is 0. The molecule has 0 saturated heterocycles. The predicted octanol–water partition coefficient (Wildman–Crippen LogP) is -18.4. The third-order valence-corrected chi connectivity index (χ3v) is 0. The molecule has 0 unspecified atom stereocenters. The molecule has 0 aromatic heterocycles. The molecule has 0 aliphatic carbocycles. The van der Waals surface area contributed by atoms with Crippen LogP contribution in [0.2, 0.25) is 0 Å². The van der Waals surface area contributed by atoms with Crippen LogP contribution in [0.4, 0.5) is 0 Å². The average molecular weight is 331 g/mol. The van der Waals surface area contributed by atoms with Gasteiger partial charge in [-0.1, -0.05) is 0 Å². The molecule has 0 aromatic rings. The second-order valence-corrected chi connectivity index (χ2v) is 0. The van der Waals surface area contributed by atoms with E-state index in [-0.39, 0.29) is 98.3 Å². The molecule has 0 rings (SSSR count). The second-order valence-electron chi connectivity index (χ2n) is 0. The first-order valence-electron chi connectivity index (χ1n) is 0. The summed E-state index contributed by atoms with van der Waals surface area (Å²) in [5, 5.41) is 0.